The van der Waals surface area contributed by atoms with Gasteiger partial charge in [0, 0.05) is 13.1 Å². The number of hydrogen-bond donors (Lipinski definition) is 2. The van der Waals surface area contributed by atoms with Crippen LogP contribution in [-0.2, 0) is 0 Å². The molecule has 2 N–H and O–H groups in total. The molecule has 0 saturated carbocycles. The molecule has 1 amide bonds. The van der Waals surface area contributed by atoms with Crippen LogP contribution in [0.4, 0.5) is 0 Å². The van der Waals surface area contributed by atoms with Crippen LogP contribution in [0.5, 0.6) is 5.75 Å². The number of likely N-dealkylation sites (tertiary alicyclic amines) is 1. The highest BCUT2D eigenvalue weighted by Gasteiger charge is 2.26. The number of aromatic nitrogens is 2. The van der Waals surface area contributed by atoms with Crippen LogP contribution < -0.4 is 0 Å². The van der Waals surface area contributed by atoms with E-state index in [1.54, 1.807) is 11.8 Å². The first-order valence-corrected chi connectivity index (χ1v) is 4.23. The molecule has 5 heteroatoms. The highest BCUT2D eigenvalue weighted by atomic mass is 16.3. The van der Waals surface area contributed by atoms with Gasteiger partial charge >= 0.3 is 0 Å². The number of rotatable bonds is 1. The van der Waals surface area contributed by atoms with E-state index in [2.05, 4.69) is 10.2 Å². The number of carbonyl (C=O) groups excluding carboxylic acids is 1. The van der Waals surface area contributed by atoms with E-state index in [4.69, 9.17) is 0 Å². The number of H-pyrrole nitrogens is 1. The van der Waals surface area contributed by atoms with Gasteiger partial charge in [-0.25, -0.2) is 0 Å². The Hall–Kier alpha value is -1.52. The highest BCUT2D eigenvalue weighted by molar-refractivity contribution is 5.95. The first-order valence-electron chi connectivity index (χ1n) is 4.23. The molecule has 1 aliphatic heterocycles. The fraction of sp³-hybridized carbons (Fsp3) is 0.500. The van der Waals surface area contributed by atoms with Crippen molar-refractivity contribution in [1.82, 2.24) is 15.1 Å². The van der Waals surface area contributed by atoms with Gasteiger partial charge in [-0.05, 0) is 13.3 Å². The number of aromatic hydroxyl groups is 1. The average molecular weight is 181 g/mol. The van der Waals surface area contributed by atoms with Crippen molar-refractivity contribution < 1.29 is 9.90 Å². The van der Waals surface area contributed by atoms with Crippen molar-refractivity contribution in [3.8, 4) is 5.75 Å². The van der Waals surface area contributed by atoms with E-state index in [1.165, 1.54) is 0 Å². The van der Waals surface area contributed by atoms with E-state index in [0.717, 1.165) is 19.5 Å². The van der Waals surface area contributed by atoms with Crippen molar-refractivity contribution in [2.75, 3.05) is 13.1 Å². The molecule has 2 rings (SSSR count). The molecule has 0 radical (unpaired) electrons. The lowest BCUT2D eigenvalue weighted by Crippen LogP contribution is -2.42. The fourth-order valence-electron chi connectivity index (χ4n) is 1.25. The molecule has 0 bridgehead atoms. The Balaban J connectivity index is 2.24. The Morgan fingerprint density at radius 3 is 2.69 bits per heavy atom. The maximum absolute atomic E-state index is 11.6. The SMILES string of the molecule is Cc1n[nH]c(C(=O)N2CCC2)c1O. The summed E-state index contributed by atoms with van der Waals surface area (Å²) in [6.07, 6.45) is 1.04. The molecule has 1 aromatic heterocycles. The third-order valence-corrected chi connectivity index (χ3v) is 2.27. The number of aryl methyl sites for hydroxylation is 1. The minimum Gasteiger partial charge on any atom is -0.504 e. The normalized spacial score (nSPS) is 15.6. The molecule has 1 fully saturated rings. The maximum Gasteiger partial charge on any atom is 0.275 e. The van der Waals surface area contributed by atoms with Crippen LogP contribution in [-0.4, -0.2) is 39.2 Å². The molecule has 0 atom stereocenters. The van der Waals surface area contributed by atoms with Crippen molar-refractivity contribution in [2.24, 2.45) is 0 Å². The number of aromatic amines is 1. The summed E-state index contributed by atoms with van der Waals surface area (Å²) in [5.41, 5.74) is 0.668. The Morgan fingerprint density at radius 1 is 1.62 bits per heavy atom. The van der Waals surface area contributed by atoms with Gasteiger partial charge in [0.05, 0.1) is 0 Å². The van der Waals surface area contributed by atoms with E-state index in [0.29, 0.717) is 5.69 Å². The van der Waals surface area contributed by atoms with E-state index < -0.39 is 0 Å². The minimum atomic E-state index is -0.163. The van der Waals surface area contributed by atoms with E-state index in [9.17, 15) is 9.90 Å². The molecular formula is C8H11N3O2. The van der Waals surface area contributed by atoms with E-state index in [-0.39, 0.29) is 17.4 Å². The summed E-state index contributed by atoms with van der Waals surface area (Å²) in [6.45, 7) is 3.20. The summed E-state index contributed by atoms with van der Waals surface area (Å²) in [5, 5.41) is 15.7. The third-order valence-electron chi connectivity index (χ3n) is 2.27. The second kappa shape index (κ2) is 2.76. The smallest absolute Gasteiger partial charge is 0.275 e. The summed E-state index contributed by atoms with van der Waals surface area (Å²) in [4.78, 5) is 13.2. The Kier molecular flexibility index (Phi) is 1.72. The van der Waals surface area contributed by atoms with Crippen molar-refractivity contribution in [2.45, 2.75) is 13.3 Å². The average Bonchev–Trinajstić information content (AvgIpc) is 2.29. The molecule has 5 nitrogen and oxygen atoms in total. The molecule has 1 saturated heterocycles. The monoisotopic (exact) mass is 181 g/mol. The van der Waals surface area contributed by atoms with Gasteiger partial charge in [0.15, 0.2) is 11.4 Å². The standard InChI is InChI=1S/C8H11N3O2/c1-5-7(12)6(10-9-5)8(13)11-3-2-4-11/h12H,2-4H2,1H3,(H,9,10). The van der Waals surface area contributed by atoms with Crippen LogP contribution in [0.2, 0.25) is 0 Å². The first-order chi connectivity index (χ1) is 6.20. The summed E-state index contributed by atoms with van der Waals surface area (Å²) >= 11 is 0. The Bertz CT molecular complexity index is 341. The quantitative estimate of drug-likeness (QED) is 0.653. The van der Waals surface area contributed by atoms with Crippen LogP contribution in [0.25, 0.3) is 0 Å². The van der Waals surface area contributed by atoms with Crippen LogP contribution in [0.3, 0.4) is 0 Å². The van der Waals surface area contributed by atoms with Crippen LogP contribution in [0.15, 0.2) is 0 Å². The second-order valence-corrected chi connectivity index (χ2v) is 3.18. The zero-order valence-electron chi connectivity index (χ0n) is 7.37. The van der Waals surface area contributed by atoms with E-state index >= 15 is 0 Å². The molecule has 13 heavy (non-hydrogen) atoms. The number of carbonyl (C=O) groups is 1. The Labute approximate surface area is 75.4 Å². The molecule has 70 valence electrons. The minimum absolute atomic E-state index is 0.0306. The third kappa shape index (κ3) is 1.16. The number of amides is 1. The first kappa shape index (κ1) is 8.10. The molecule has 0 aromatic carbocycles. The van der Waals surface area contributed by atoms with Gasteiger partial charge in [-0.2, -0.15) is 5.10 Å². The van der Waals surface area contributed by atoms with Gasteiger partial charge in [0.1, 0.15) is 5.69 Å². The molecule has 0 aliphatic carbocycles. The lowest BCUT2D eigenvalue weighted by molar-refractivity contribution is 0.0642. The summed E-state index contributed by atoms with van der Waals surface area (Å²) < 4.78 is 0. The molecular weight excluding hydrogens is 170 g/mol. The highest BCUT2D eigenvalue weighted by Crippen LogP contribution is 2.21. The van der Waals surface area contributed by atoms with Crippen molar-refractivity contribution in [3.63, 3.8) is 0 Å². The summed E-state index contributed by atoms with van der Waals surface area (Å²) in [7, 11) is 0. The Morgan fingerprint density at radius 2 is 2.31 bits per heavy atom. The molecule has 1 aromatic rings. The van der Waals surface area contributed by atoms with Crippen molar-refractivity contribution >= 4 is 5.91 Å². The fourth-order valence-corrected chi connectivity index (χ4v) is 1.25. The maximum atomic E-state index is 11.6. The molecule has 1 aliphatic rings. The zero-order chi connectivity index (χ0) is 9.42. The van der Waals surface area contributed by atoms with Gasteiger partial charge in [-0.15, -0.1) is 0 Å². The summed E-state index contributed by atoms with van der Waals surface area (Å²) in [5.74, 6) is -0.193. The number of hydrogen-bond acceptors (Lipinski definition) is 3. The number of nitrogens with zero attached hydrogens (tertiary/aromatic N) is 2. The number of nitrogens with one attached hydrogen (secondary N) is 1. The summed E-state index contributed by atoms with van der Waals surface area (Å²) in [6, 6.07) is 0. The topological polar surface area (TPSA) is 69.2 Å². The van der Waals surface area contributed by atoms with Gasteiger partial charge in [-0.3, -0.25) is 9.89 Å². The molecule has 0 unspecified atom stereocenters. The van der Waals surface area contributed by atoms with E-state index in [1.807, 2.05) is 0 Å². The zero-order valence-corrected chi connectivity index (χ0v) is 7.37. The van der Waals surface area contributed by atoms with Crippen molar-refractivity contribution in [1.29, 1.82) is 0 Å². The predicted molar refractivity (Wildman–Crippen MR) is 45.5 cm³/mol. The van der Waals surface area contributed by atoms with Gasteiger partial charge in [0.2, 0.25) is 0 Å². The lowest BCUT2D eigenvalue weighted by atomic mass is 10.2. The molecule has 2 heterocycles. The second-order valence-electron chi connectivity index (χ2n) is 3.18. The van der Waals surface area contributed by atoms with Gasteiger partial charge in [0.25, 0.3) is 5.91 Å². The largest absolute Gasteiger partial charge is 0.504 e. The lowest BCUT2D eigenvalue weighted by Gasteiger charge is -2.30. The molecule has 0 spiro atoms. The van der Waals surface area contributed by atoms with Gasteiger partial charge < -0.3 is 10.0 Å². The predicted octanol–water partition coefficient (Wildman–Crippen LogP) is 0.270. The van der Waals surface area contributed by atoms with Crippen molar-refractivity contribution in [3.05, 3.63) is 11.4 Å². The van der Waals surface area contributed by atoms with Gasteiger partial charge in [-0.1, -0.05) is 0 Å². The van der Waals surface area contributed by atoms with Crippen LogP contribution in [0, 0.1) is 6.92 Å². The van der Waals surface area contributed by atoms with Crippen LogP contribution in [0.1, 0.15) is 22.6 Å². The van der Waals surface area contributed by atoms with Crippen LogP contribution >= 0.6 is 0 Å².